The number of hydrogen-bond donors (Lipinski definition) is 0. The number of pyridine rings is 1. The number of halogens is 3. The van der Waals surface area contributed by atoms with Crippen LogP contribution >= 0.6 is 0 Å². The summed E-state index contributed by atoms with van der Waals surface area (Å²) in [5.74, 6) is 0.485. The van der Waals surface area contributed by atoms with E-state index in [-0.39, 0.29) is 18.4 Å². The van der Waals surface area contributed by atoms with E-state index in [2.05, 4.69) is 25.0 Å². The van der Waals surface area contributed by atoms with E-state index in [1.165, 1.54) is 18.6 Å². The lowest BCUT2D eigenvalue weighted by Gasteiger charge is -2.33. The van der Waals surface area contributed by atoms with Crippen molar-refractivity contribution in [2.45, 2.75) is 19.0 Å². The zero-order chi connectivity index (χ0) is 19.7. The largest absolute Gasteiger partial charge is 0.477 e. The quantitative estimate of drug-likeness (QED) is 0.680. The monoisotopic (exact) mass is 392 g/mol. The summed E-state index contributed by atoms with van der Waals surface area (Å²) in [6.07, 6.45) is 1.81. The average molecular weight is 392 g/mol. The lowest BCUT2D eigenvalue weighted by atomic mass is 9.99. The topological polar surface area (TPSA) is 69.0 Å². The number of aryl methyl sites for hydroxylation is 1. The summed E-state index contributed by atoms with van der Waals surface area (Å²) < 4.78 is 46.4. The SMILES string of the molecule is Cn1ncc2c(N3CCCC(COc4ncccc4C(F)(F)F)C3)ncnc21. The molecule has 4 rings (SSSR count). The lowest BCUT2D eigenvalue weighted by Crippen LogP contribution is -2.38. The molecule has 0 bridgehead atoms. The van der Waals surface area contributed by atoms with Gasteiger partial charge in [-0.2, -0.15) is 18.3 Å². The molecule has 0 amide bonds. The fourth-order valence-corrected chi connectivity index (χ4v) is 3.51. The molecule has 1 aliphatic heterocycles. The Hall–Kier alpha value is -2.91. The minimum atomic E-state index is -4.49. The van der Waals surface area contributed by atoms with Gasteiger partial charge in [-0.05, 0) is 25.0 Å². The molecule has 0 spiro atoms. The molecular formula is C18H19F3N6O. The number of hydrogen-bond acceptors (Lipinski definition) is 6. The van der Waals surface area contributed by atoms with Gasteiger partial charge in [0.15, 0.2) is 5.65 Å². The molecule has 3 aromatic heterocycles. The van der Waals surface area contributed by atoms with E-state index >= 15 is 0 Å². The van der Waals surface area contributed by atoms with Gasteiger partial charge >= 0.3 is 6.18 Å². The van der Waals surface area contributed by atoms with Gasteiger partial charge in [0.2, 0.25) is 5.88 Å². The first kappa shape index (κ1) is 18.5. The zero-order valence-corrected chi connectivity index (χ0v) is 15.2. The van der Waals surface area contributed by atoms with Gasteiger partial charge in [0.1, 0.15) is 17.7 Å². The first-order chi connectivity index (χ1) is 13.4. The van der Waals surface area contributed by atoms with Crippen LogP contribution in [-0.4, -0.2) is 44.4 Å². The molecule has 1 fully saturated rings. The number of anilines is 1. The van der Waals surface area contributed by atoms with Crippen molar-refractivity contribution >= 4 is 16.9 Å². The van der Waals surface area contributed by atoms with Crippen LogP contribution in [0.2, 0.25) is 0 Å². The molecule has 10 heteroatoms. The van der Waals surface area contributed by atoms with Gasteiger partial charge in [0, 0.05) is 32.3 Å². The summed E-state index contributed by atoms with van der Waals surface area (Å²) in [5, 5.41) is 5.08. The predicted octanol–water partition coefficient (Wildman–Crippen LogP) is 3.07. The minimum absolute atomic E-state index is 0.0681. The molecule has 7 nitrogen and oxygen atoms in total. The van der Waals surface area contributed by atoms with Crippen molar-refractivity contribution < 1.29 is 17.9 Å². The van der Waals surface area contributed by atoms with E-state index in [1.54, 1.807) is 10.9 Å². The number of piperidine rings is 1. The summed E-state index contributed by atoms with van der Waals surface area (Å²) >= 11 is 0. The second kappa shape index (κ2) is 7.25. The fraction of sp³-hybridized carbons (Fsp3) is 0.444. The van der Waals surface area contributed by atoms with Crippen molar-refractivity contribution in [2.75, 3.05) is 24.6 Å². The van der Waals surface area contributed by atoms with Crippen molar-refractivity contribution in [1.29, 1.82) is 0 Å². The van der Waals surface area contributed by atoms with Crippen molar-refractivity contribution in [3.8, 4) is 5.88 Å². The highest BCUT2D eigenvalue weighted by molar-refractivity contribution is 5.86. The Labute approximate surface area is 159 Å². The molecule has 3 aromatic rings. The third kappa shape index (κ3) is 3.58. The second-order valence-corrected chi connectivity index (χ2v) is 6.82. The summed E-state index contributed by atoms with van der Waals surface area (Å²) in [7, 11) is 1.82. The van der Waals surface area contributed by atoms with Gasteiger partial charge < -0.3 is 9.64 Å². The van der Waals surface area contributed by atoms with Crippen molar-refractivity contribution in [3.63, 3.8) is 0 Å². The maximum absolute atomic E-state index is 13.1. The number of rotatable bonds is 4. The van der Waals surface area contributed by atoms with Crippen LogP contribution in [0.5, 0.6) is 5.88 Å². The van der Waals surface area contributed by atoms with Crippen LogP contribution in [0.15, 0.2) is 30.9 Å². The molecule has 0 aromatic carbocycles. The zero-order valence-electron chi connectivity index (χ0n) is 15.2. The number of alkyl halides is 3. The maximum atomic E-state index is 13.1. The molecule has 1 unspecified atom stereocenters. The Morgan fingerprint density at radius 2 is 2.11 bits per heavy atom. The van der Waals surface area contributed by atoms with E-state index in [0.29, 0.717) is 6.54 Å². The Morgan fingerprint density at radius 1 is 1.25 bits per heavy atom. The molecule has 0 saturated carbocycles. The summed E-state index contributed by atoms with van der Waals surface area (Å²) in [6, 6.07) is 2.24. The van der Waals surface area contributed by atoms with Crippen molar-refractivity contribution in [2.24, 2.45) is 13.0 Å². The Morgan fingerprint density at radius 3 is 2.93 bits per heavy atom. The summed E-state index contributed by atoms with van der Waals surface area (Å²) in [4.78, 5) is 14.5. The Balaban J connectivity index is 1.48. The number of ether oxygens (including phenoxy) is 1. The van der Waals surface area contributed by atoms with Crippen LogP contribution < -0.4 is 9.64 Å². The van der Waals surface area contributed by atoms with E-state index in [0.717, 1.165) is 42.3 Å². The summed E-state index contributed by atoms with van der Waals surface area (Å²) in [6.45, 7) is 1.61. The molecule has 148 valence electrons. The highest BCUT2D eigenvalue weighted by Crippen LogP contribution is 2.35. The molecule has 1 aliphatic rings. The average Bonchev–Trinajstić information content (AvgIpc) is 3.07. The summed E-state index contributed by atoms with van der Waals surface area (Å²) in [5.41, 5.74) is -0.109. The first-order valence-corrected chi connectivity index (χ1v) is 8.96. The van der Waals surface area contributed by atoms with Crippen LogP contribution in [-0.2, 0) is 13.2 Å². The lowest BCUT2D eigenvalue weighted by molar-refractivity contribution is -0.139. The number of aromatic nitrogens is 5. The van der Waals surface area contributed by atoms with Gasteiger partial charge in [0.25, 0.3) is 0 Å². The van der Waals surface area contributed by atoms with Crippen LogP contribution in [0.1, 0.15) is 18.4 Å². The van der Waals surface area contributed by atoms with Crippen LogP contribution in [0.4, 0.5) is 19.0 Å². The smallest absolute Gasteiger partial charge is 0.421 e. The van der Waals surface area contributed by atoms with Crippen molar-refractivity contribution in [3.05, 3.63) is 36.4 Å². The van der Waals surface area contributed by atoms with Crippen LogP contribution in [0.25, 0.3) is 11.0 Å². The highest BCUT2D eigenvalue weighted by Gasteiger charge is 2.35. The standard InChI is InChI=1S/C18H19F3N6O/c1-26-15-13(8-25-26)16(24-11-23-15)27-7-3-4-12(9-27)10-28-17-14(18(19,20)21)5-2-6-22-17/h2,5-6,8,11-12H,3-4,7,9-10H2,1H3. The highest BCUT2D eigenvalue weighted by atomic mass is 19.4. The Bertz CT molecular complexity index is 973. The van der Waals surface area contributed by atoms with Crippen LogP contribution in [0.3, 0.4) is 0 Å². The first-order valence-electron chi connectivity index (χ1n) is 8.96. The molecule has 0 aliphatic carbocycles. The van der Waals surface area contributed by atoms with E-state index in [1.807, 2.05) is 7.05 Å². The van der Waals surface area contributed by atoms with Gasteiger partial charge in [-0.1, -0.05) is 0 Å². The third-order valence-electron chi connectivity index (χ3n) is 4.86. The molecule has 0 N–H and O–H groups in total. The van der Waals surface area contributed by atoms with E-state index in [4.69, 9.17) is 4.74 Å². The second-order valence-electron chi connectivity index (χ2n) is 6.82. The number of fused-ring (bicyclic) bond motifs is 1. The predicted molar refractivity (Wildman–Crippen MR) is 96.0 cm³/mol. The normalized spacial score (nSPS) is 17.9. The maximum Gasteiger partial charge on any atom is 0.421 e. The fourth-order valence-electron chi connectivity index (χ4n) is 3.51. The molecule has 0 radical (unpaired) electrons. The number of nitrogens with zero attached hydrogens (tertiary/aromatic N) is 6. The molecular weight excluding hydrogens is 373 g/mol. The molecule has 1 atom stereocenters. The third-order valence-corrected chi connectivity index (χ3v) is 4.86. The van der Waals surface area contributed by atoms with Gasteiger partial charge in [-0.3, -0.25) is 4.68 Å². The van der Waals surface area contributed by atoms with Crippen molar-refractivity contribution in [1.82, 2.24) is 24.7 Å². The Kier molecular flexibility index (Phi) is 4.78. The van der Waals surface area contributed by atoms with Crippen LogP contribution in [0, 0.1) is 5.92 Å². The minimum Gasteiger partial charge on any atom is -0.477 e. The van der Waals surface area contributed by atoms with E-state index < -0.39 is 11.7 Å². The molecule has 1 saturated heterocycles. The van der Waals surface area contributed by atoms with Gasteiger partial charge in [-0.25, -0.2) is 15.0 Å². The van der Waals surface area contributed by atoms with Gasteiger partial charge in [0.05, 0.1) is 18.2 Å². The van der Waals surface area contributed by atoms with E-state index in [9.17, 15) is 13.2 Å². The molecule has 28 heavy (non-hydrogen) atoms. The van der Waals surface area contributed by atoms with Gasteiger partial charge in [-0.15, -0.1) is 0 Å². The molecule has 4 heterocycles.